The SMILES string of the molecule is CCOC(=O)/C=C/c1ncc(OC)nc1NC1CCN(C(=O)OC(C)(C)C)CC1. The molecule has 1 aromatic rings. The van der Waals surface area contributed by atoms with Crippen LogP contribution in [-0.4, -0.2) is 65.4 Å². The minimum atomic E-state index is -0.511. The summed E-state index contributed by atoms with van der Waals surface area (Å²) in [6, 6.07) is 0.102. The molecule has 1 saturated heterocycles. The lowest BCUT2D eigenvalue weighted by Gasteiger charge is -2.34. The minimum Gasteiger partial charge on any atom is -0.480 e. The number of carbonyl (C=O) groups excluding carboxylic acids is 2. The number of ether oxygens (including phenoxy) is 3. The van der Waals surface area contributed by atoms with Crippen LogP contribution in [0.4, 0.5) is 10.6 Å². The molecule has 0 aliphatic carbocycles. The summed E-state index contributed by atoms with van der Waals surface area (Å²) in [6.07, 6.45) is 5.54. The maximum atomic E-state index is 12.2. The first-order valence-corrected chi connectivity index (χ1v) is 9.72. The zero-order valence-corrected chi connectivity index (χ0v) is 17.7. The molecule has 1 N–H and O–H groups in total. The fourth-order valence-corrected chi connectivity index (χ4v) is 2.77. The molecule has 1 aliphatic rings. The molecule has 160 valence electrons. The number of likely N-dealkylation sites (tertiary alicyclic amines) is 1. The van der Waals surface area contributed by atoms with Crippen LogP contribution in [0, 0.1) is 0 Å². The van der Waals surface area contributed by atoms with E-state index < -0.39 is 11.6 Å². The van der Waals surface area contributed by atoms with Gasteiger partial charge in [-0.25, -0.2) is 14.6 Å². The molecule has 1 aliphatic heterocycles. The van der Waals surface area contributed by atoms with Crippen molar-refractivity contribution in [3.8, 4) is 5.88 Å². The quantitative estimate of drug-likeness (QED) is 0.568. The first-order valence-electron chi connectivity index (χ1n) is 9.72. The van der Waals surface area contributed by atoms with Crippen molar-refractivity contribution in [2.45, 2.75) is 52.2 Å². The van der Waals surface area contributed by atoms with Gasteiger partial charge in [0.05, 0.1) is 19.9 Å². The van der Waals surface area contributed by atoms with Crippen LogP contribution in [0.2, 0.25) is 0 Å². The zero-order chi connectivity index (χ0) is 21.4. The van der Waals surface area contributed by atoms with Crippen LogP contribution < -0.4 is 10.1 Å². The molecule has 29 heavy (non-hydrogen) atoms. The molecule has 2 rings (SSSR count). The van der Waals surface area contributed by atoms with Gasteiger partial charge < -0.3 is 24.4 Å². The van der Waals surface area contributed by atoms with Crippen molar-refractivity contribution < 1.29 is 23.8 Å². The lowest BCUT2D eigenvalue weighted by Crippen LogP contribution is -2.44. The number of methoxy groups -OCH3 is 1. The molecule has 2 heterocycles. The van der Waals surface area contributed by atoms with Crippen LogP contribution in [0.1, 0.15) is 46.2 Å². The Kier molecular flexibility index (Phi) is 7.81. The van der Waals surface area contributed by atoms with Gasteiger partial charge >= 0.3 is 12.1 Å². The highest BCUT2D eigenvalue weighted by molar-refractivity contribution is 5.87. The molecule has 0 atom stereocenters. The second-order valence-electron chi connectivity index (χ2n) is 7.62. The van der Waals surface area contributed by atoms with Crippen molar-refractivity contribution in [3.63, 3.8) is 0 Å². The van der Waals surface area contributed by atoms with Crippen molar-refractivity contribution in [3.05, 3.63) is 18.0 Å². The molecule has 1 fully saturated rings. The van der Waals surface area contributed by atoms with E-state index in [0.717, 1.165) is 12.8 Å². The smallest absolute Gasteiger partial charge is 0.410 e. The van der Waals surface area contributed by atoms with Gasteiger partial charge in [-0.3, -0.25) is 0 Å². The number of aromatic nitrogens is 2. The van der Waals surface area contributed by atoms with Crippen molar-refractivity contribution >= 4 is 24.0 Å². The number of carbonyl (C=O) groups is 2. The summed E-state index contributed by atoms with van der Waals surface area (Å²) in [5.74, 6) is 0.439. The number of nitrogens with zero attached hydrogens (tertiary/aromatic N) is 3. The van der Waals surface area contributed by atoms with Crippen molar-refractivity contribution in [2.24, 2.45) is 0 Å². The van der Waals surface area contributed by atoms with Gasteiger partial charge in [0, 0.05) is 25.2 Å². The summed E-state index contributed by atoms with van der Waals surface area (Å²) < 4.78 is 15.5. The third-order valence-electron chi connectivity index (χ3n) is 4.14. The Hall–Kier alpha value is -2.84. The molecular formula is C20H30N4O5. The maximum absolute atomic E-state index is 12.2. The number of amides is 1. The van der Waals surface area contributed by atoms with Crippen LogP contribution in [-0.2, 0) is 14.3 Å². The number of hydrogen-bond acceptors (Lipinski definition) is 8. The maximum Gasteiger partial charge on any atom is 0.410 e. The Balaban J connectivity index is 2.02. The molecule has 0 aromatic carbocycles. The van der Waals surface area contributed by atoms with E-state index in [1.165, 1.54) is 19.4 Å². The standard InChI is InChI=1S/C20H30N4O5/c1-6-28-17(25)8-7-15-18(23-16(27-5)13-21-15)22-14-9-11-24(12-10-14)19(26)29-20(2,3)4/h7-8,13-14H,6,9-12H2,1-5H3,(H,22,23)/b8-7+. The third-order valence-corrected chi connectivity index (χ3v) is 4.14. The Morgan fingerprint density at radius 1 is 1.31 bits per heavy atom. The highest BCUT2D eigenvalue weighted by Gasteiger charge is 2.27. The van der Waals surface area contributed by atoms with Crippen LogP contribution in [0.15, 0.2) is 12.3 Å². The van der Waals surface area contributed by atoms with E-state index in [1.807, 2.05) is 20.8 Å². The third kappa shape index (κ3) is 7.24. The largest absolute Gasteiger partial charge is 0.480 e. The van der Waals surface area contributed by atoms with E-state index in [4.69, 9.17) is 14.2 Å². The first-order chi connectivity index (χ1) is 13.7. The van der Waals surface area contributed by atoms with Crippen molar-refractivity contribution in [1.29, 1.82) is 0 Å². The lowest BCUT2D eigenvalue weighted by atomic mass is 10.1. The van der Waals surface area contributed by atoms with E-state index in [1.54, 1.807) is 17.9 Å². The molecule has 0 unspecified atom stereocenters. The number of hydrogen-bond donors (Lipinski definition) is 1. The van der Waals surface area contributed by atoms with Crippen LogP contribution >= 0.6 is 0 Å². The van der Waals surface area contributed by atoms with Gasteiger partial charge in [0.25, 0.3) is 0 Å². The van der Waals surface area contributed by atoms with Crippen LogP contribution in [0.3, 0.4) is 0 Å². The predicted octanol–water partition coefficient (Wildman–Crippen LogP) is 2.87. The summed E-state index contributed by atoms with van der Waals surface area (Å²) in [6.45, 7) is 8.77. The van der Waals surface area contributed by atoms with E-state index in [0.29, 0.717) is 37.1 Å². The molecule has 0 bridgehead atoms. The van der Waals surface area contributed by atoms with E-state index in [2.05, 4.69) is 15.3 Å². The fraction of sp³-hybridized carbons (Fsp3) is 0.600. The monoisotopic (exact) mass is 406 g/mol. The Bertz CT molecular complexity index is 737. The van der Waals surface area contributed by atoms with E-state index in [9.17, 15) is 9.59 Å². The lowest BCUT2D eigenvalue weighted by molar-refractivity contribution is -0.137. The summed E-state index contributed by atoms with van der Waals surface area (Å²) in [5.41, 5.74) is -0.00358. The summed E-state index contributed by atoms with van der Waals surface area (Å²) in [5, 5.41) is 3.35. The zero-order valence-electron chi connectivity index (χ0n) is 17.7. The second-order valence-corrected chi connectivity index (χ2v) is 7.62. The second kappa shape index (κ2) is 10.1. The molecule has 9 nitrogen and oxygen atoms in total. The average molecular weight is 406 g/mol. The highest BCUT2D eigenvalue weighted by Crippen LogP contribution is 2.22. The number of piperidine rings is 1. The molecule has 1 amide bonds. The van der Waals surface area contributed by atoms with Gasteiger partial charge in [-0.1, -0.05) is 0 Å². The Morgan fingerprint density at radius 2 is 2.00 bits per heavy atom. The van der Waals surface area contributed by atoms with Gasteiger partial charge in [-0.05, 0) is 46.6 Å². The molecule has 1 aromatic heterocycles. The van der Waals surface area contributed by atoms with Crippen molar-refractivity contribution in [2.75, 3.05) is 32.1 Å². The molecular weight excluding hydrogens is 376 g/mol. The van der Waals surface area contributed by atoms with Crippen molar-refractivity contribution in [1.82, 2.24) is 14.9 Å². The van der Waals surface area contributed by atoms with Gasteiger partial charge in [0.1, 0.15) is 11.3 Å². The summed E-state index contributed by atoms with van der Waals surface area (Å²) in [4.78, 5) is 34.2. The molecule has 0 saturated carbocycles. The average Bonchev–Trinajstić information content (AvgIpc) is 2.66. The molecule has 0 radical (unpaired) electrons. The topological polar surface area (TPSA) is 103 Å². The number of nitrogens with one attached hydrogen (secondary N) is 1. The first kappa shape index (κ1) is 22.4. The number of esters is 1. The predicted molar refractivity (Wildman–Crippen MR) is 109 cm³/mol. The molecule has 9 heteroatoms. The van der Waals surface area contributed by atoms with Gasteiger partial charge in [-0.15, -0.1) is 0 Å². The van der Waals surface area contributed by atoms with Gasteiger partial charge in [0.2, 0.25) is 5.88 Å². The van der Waals surface area contributed by atoms with Gasteiger partial charge in [0.15, 0.2) is 5.82 Å². The molecule has 0 spiro atoms. The van der Waals surface area contributed by atoms with E-state index >= 15 is 0 Å². The Labute approximate surface area is 171 Å². The van der Waals surface area contributed by atoms with E-state index in [-0.39, 0.29) is 12.1 Å². The minimum absolute atomic E-state index is 0.102. The number of rotatable bonds is 6. The van der Waals surface area contributed by atoms with Crippen LogP contribution in [0.5, 0.6) is 5.88 Å². The summed E-state index contributed by atoms with van der Waals surface area (Å²) >= 11 is 0. The Morgan fingerprint density at radius 3 is 2.59 bits per heavy atom. The fourth-order valence-electron chi connectivity index (χ4n) is 2.77. The highest BCUT2D eigenvalue weighted by atomic mass is 16.6. The van der Waals surface area contributed by atoms with Gasteiger partial charge in [-0.2, -0.15) is 4.98 Å². The summed E-state index contributed by atoms with van der Waals surface area (Å²) in [7, 11) is 1.52. The van der Waals surface area contributed by atoms with Crippen LogP contribution in [0.25, 0.3) is 6.08 Å². The number of anilines is 1. The normalized spacial score (nSPS) is 15.3.